The molecule has 0 saturated carbocycles. The van der Waals surface area contributed by atoms with Gasteiger partial charge < -0.3 is 19.8 Å². The molecule has 2 heterocycles. The van der Waals surface area contributed by atoms with E-state index in [4.69, 9.17) is 5.11 Å². The van der Waals surface area contributed by atoms with E-state index in [9.17, 15) is 4.79 Å². The number of halogens is 1. The van der Waals surface area contributed by atoms with Crippen molar-refractivity contribution in [2.24, 2.45) is 4.99 Å². The molecule has 8 nitrogen and oxygen atoms in total. The lowest BCUT2D eigenvalue weighted by Crippen LogP contribution is -2.48. The second kappa shape index (κ2) is 6.91. The van der Waals surface area contributed by atoms with Gasteiger partial charge in [-0.15, -0.1) is 0 Å². The average molecular weight is 371 g/mol. The Morgan fingerprint density at radius 1 is 1.36 bits per heavy atom. The summed E-state index contributed by atoms with van der Waals surface area (Å²) in [4.78, 5) is 29.6. The van der Waals surface area contributed by atoms with Crippen LogP contribution in [0.4, 0.5) is 16.4 Å². The Morgan fingerprint density at radius 2 is 2.00 bits per heavy atom. The van der Waals surface area contributed by atoms with Crippen LogP contribution in [0.15, 0.2) is 15.8 Å². The number of anilines is 1. The lowest BCUT2D eigenvalue weighted by molar-refractivity contribution is 0.142. The topological polar surface area (TPSA) is 85.2 Å². The number of nitrogens with zero attached hydrogens (tertiary/aromatic N) is 6. The summed E-state index contributed by atoms with van der Waals surface area (Å²) in [5.74, 6) is 2.02. The van der Waals surface area contributed by atoms with Crippen LogP contribution < -0.4 is 4.90 Å². The maximum atomic E-state index is 11.0. The van der Waals surface area contributed by atoms with E-state index < -0.39 is 6.09 Å². The predicted molar refractivity (Wildman–Crippen MR) is 88.0 cm³/mol. The van der Waals surface area contributed by atoms with Crippen LogP contribution in [-0.2, 0) is 0 Å². The number of rotatable bonds is 2. The van der Waals surface area contributed by atoms with E-state index in [0.29, 0.717) is 42.4 Å². The summed E-state index contributed by atoms with van der Waals surface area (Å²) in [6, 6.07) is 0. The van der Waals surface area contributed by atoms with Crippen molar-refractivity contribution in [3.8, 4) is 0 Å². The largest absolute Gasteiger partial charge is 0.465 e. The predicted octanol–water partition coefficient (Wildman–Crippen LogP) is 1.65. The van der Waals surface area contributed by atoms with E-state index in [1.807, 2.05) is 30.8 Å². The van der Waals surface area contributed by atoms with E-state index in [1.54, 1.807) is 6.20 Å². The summed E-state index contributed by atoms with van der Waals surface area (Å²) in [7, 11) is 3.82. The van der Waals surface area contributed by atoms with Crippen molar-refractivity contribution < 1.29 is 9.90 Å². The van der Waals surface area contributed by atoms with Crippen molar-refractivity contribution in [1.29, 1.82) is 0 Å². The van der Waals surface area contributed by atoms with E-state index in [1.165, 1.54) is 4.90 Å². The number of hydrogen-bond acceptors (Lipinski definition) is 5. The van der Waals surface area contributed by atoms with Crippen molar-refractivity contribution in [3.05, 3.63) is 10.8 Å². The fourth-order valence-electron chi connectivity index (χ4n) is 2.01. The van der Waals surface area contributed by atoms with Gasteiger partial charge in [-0.05, 0) is 22.9 Å². The Kier molecular flexibility index (Phi) is 5.17. The number of aliphatic imine (C=N–C) groups is 1. The van der Waals surface area contributed by atoms with Gasteiger partial charge in [-0.2, -0.15) is 0 Å². The molecule has 1 aliphatic heterocycles. The molecule has 1 amide bonds. The smallest absolute Gasteiger partial charge is 0.407 e. The average Bonchev–Trinajstić information content (AvgIpc) is 2.47. The van der Waals surface area contributed by atoms with Gasteiger partial charge >= 0.3 is 6.09 Å². The fourth-order valence-corrected chi connectivity index (χ4v) is 2.28. The van der Waals surface area contributed by atoms with Crippen molar-refractivity contribution in [1.82, 2.24) is 19.8 Å². The molecule has 1 aromatic rings. The van der Waals surface area contributed by atoms with Gasteiger partial charge in [-0.3, -0.25) is 0 Å². The highest BCUT2D eigenvalue weighted by Gasteiger charge is 2.23. The minimum atomic E-state index is -0.886. The molecule has 1 fully saturated rings. The number of carboxylic acid groups (broad SMARTS) is 1. The first-order valence-corrected chi connectivity index (χ1v) is 7.65. The van der Waals surface area contributed by atoms with Gasteiger partial charge in [0.15, 0.2) is 11.6 Å². The van der Waals surface area contributed by atoms with Crippen molar-refractivity contribution >= 4 is 39.5 Å². The standard InChI is InChI=1S/C13H19BrN6O2/c1-9(18(2)3)16-11-12(15-8-10(14)17-11)19-4-6-20(7-5-19)13(21)22/h8H,4-7H2,1-3H3,(H,21,22)/b16-9+. The van der Waals surface area contributed by atoms with Crippen LogP contribution in [0.2, 0.25) is 0 Å². The van der Waals surface area contributed by atoms with Gasteiger partial charge in [0, 0.05) is 40.3 Å². The minimum absolute atomic E-state index is 0.447. The fraction of sp³-hybridized carbons (Fsp3) is 0.538. The molecule has 0 spiro atoms. The van der Waals surface area contributed by atoms with Crippen molar-refractivity contribution in [2.45, 2.75) is 6.92 Å². The van der Waals surface area contributed by atoms with Crippen molar-refractivity contribution in [3.63, 3.8) is 0 Å². The third-order valence-corrected chi connectivity index (χ3v) is 3.85. The highest BCUT2D eigenvalue weighted by molar-refractivity contribution is 9.10. The lowest BCUT2D eigenvalue weighted by atomic mass is 10.3. The summed E-state index contributed by atoms with van der Waals surface area (Å²) in [6.07, 6.45) is 0.742. The van der Waals surface area contributed by atoms with E-state index in [2.05, 4.69) is 30.9 Å². The molecule has 0 aromatic carbocycles. The first-order chi connectivity index (χ1) is 10.4. The molecule has 1 aliphatic rings. The van der Waals surface area contributed by atoms with Gasteiger partial charge in [-0.25, -0.2) is 19.8 Å². The summed E-state index contributed by atoms with van der Waals surface area (Å²) < 4.78 is 0.616. The molecule has 120 valence electrons. The number of amides is 1. The molecule has 0 radical (unpaired) electrons. The molecule has 9 heteroatoms. The number of carbonyl (C=O) groups is 1. The Bertz CT molecular complexity index is 584. The van der Waals surface area contributed by atoms with E-state index in [0.717, 1.165) is 5.84 Å². The highest BCUT2D eigenvalue weighted by Crippen LogP contribution is 2.27. The molecule has 1 saturated heterocycles. The number of amidine groups is 1. The van der Waals surface area contributed by atoms with E-state index >= 15 is 0 Å². The van der Waals surface area contributed by atoms with Crippen LogP contribution in [0.3, 0.4) is 0 Å². The molecule has 1 aromatic heterocycles. The van der Waals surface area contributed by atoms with Crippen LogP contribution in [0.1, 0.15) is 6.92 Å². The van der Waals surface area contributed by atoms with Crippen LogP contribution in [0.25, 0.3) is 0 Å². The Labute approximate surface area is 137 Å². The molecule has 22 heavy (non-hydrogen) atoms. The van der Waals surface area contributed by atoms with Crippen LogP contribution in [-0.4, -0.2) is 77.1 Å². The van der Waals surface area contributed by atoms with Gasteiger partial charge in [0.2, 0.25) is 0 Å². The second-order valence-corrected chi connectivity index (χ2v) is 5.96. The molecule has 1 N–H and O–H groups in total. The summed E-state index contributed by atoms with van der Waals surface area (Å²) in [6.45, 7) is 3.94. The van der Waals surface area contributed by atoms with Crippen LogP contribution in [0.5, 0.6) is 0 Å². The minimum Gasteiger partial charge on any atom is -0.465 e. The van der Waals surface area contributed by atoms with Crippen LogP contribution >= 0.6 is 15.9 Å². The quantitative estimate of drug-likeness (QED) is 0.629. The highest BCUT2D eigenvalue weighted by atomic mass is 79.9. The van der Waals surface area contributed by atoms with Crippen LogP contribution in [0, 0.1) is 0 Å². The normalized spacial score (nSPS) is 15.9. The monoisotopic (exact) mass is 370 g/mol. The Hall–Kier alpha value is -1.90. The molecule has 2 rings (SSSR count). The summed E-state index contributed by atoms with van der Waals surface area (Å²) in [5, 5.41) is 9.01. The molecular formula is C13H19BrN6O2. The lowest BCUT2D eigenvalue weighted by Gasteiger charge is -2.34. The summed E-state index contributed by atoms with van der Waals surface area (Å²) in [5.41, 5.74) is 0. The maximum Gasteiger partial charge on any atom is 0.407 e. The number of piperazine rings is 1. The Morgan fingerprint density at radius 3 is 2.55 bits per heavy atom. The SMILES string of the molecule is C/C(=N\c1nc(Br)cnc1N1CCN(C(=O)O)CC1)N(C)C. The first kappa shape index (κ1) is 16.5. The molecule has 0 atom stereocenters. The Balaban J connectivity index is 2.25. The third kappa shape index (κ3) is 3.85. The maximum absolute atomic E-state index is 11.0. The summed E-state index contributed by atoms with van der Waals surface area (Å²) >= 11 is 3.31. The molecule has 0 aliphatic carbocycles. The molecular weight excluding hydrogens is 352 g/mol. The molecule has 0 bridgehead atoms. The van der Waals surface area contributed by atoms with Crippen molar-refractivity contribution in [2.75, 3.05) is 45.2 Å². The second-order valence-electron chi connectivity index (χ2n) is 5.15. The number of hydrogen-bond donors (Lipinski definition) is 1. The number of aromatic nitrogens is 2. The van der Waals surface area contributed by atoms with Gasteiger partial charge in [0.1, 0.15) is 10.4 Å². The third-order valence-electron chi connectivity index (χ3n) is 3.47. The van der Waals surface area contributed by atoms with E-state index in [-0.39, 0.29) is 0 Å². The first-order valence-electron chi connectivity index (χ1n) is 6.86. The zero-order valence-corrected chi connectivity index (χ0v) is 14.4. The van der Waals surface area contributed by atoms with Gasteiger partial charge in [-0.1, -0.05) is 0 Å². The zero-order valence-electron chi connectivity index (χ0n) is 12.8. The van der Waals surface area contributed by atoms with Gasteiger partial charge in [0.05, 0.1) is 6.20 Å². The molecule has 0 unspecified atom stereocenters. The van der Waals surface area contributed by atoms with Gasteiger partial charge in [0.25, 0.3) is 0 Å². The zero-order chi connectivity index (χ0) is 16.3.